The second-order valence-corrected chi connectivity index (χ2v) is 6.74. The zero-order valence-electron chi connectivity index (χ0n) is 13.7. The van der Waals surface area contributed by atoms with Crippen molar-refractivity contribution in [1.82, 2.24) is 9.78 Å². The number of anilines is 1. The molecule has 126 valence electrons. The zero-order valence-corrected chi connectivity index (χ0v) is 13.7. The van der Waals surface area contributed by atoms with Crippen molar-refractivity contribution >= 4 is 11.6 Å². The van der Waals surface area contributed by atoms with Gasteiger partial charge in [-0.1, -0.05) is 25.0 Å². The maximum absolute atomic E-state index is 12.6. The quantitative estimate of drug-likeness (QED) is 0.886. The summed E-state index contributed by atoms with van der Waals surface area (Å²) in [6.07, 6.45) is 8.64. The van der Waals surface area contributed by atoms with Crippen molar-refractivity contribution in [3.8, 4) is 5.75 Å². The van der Waals surface area contributed by atoms with Gasteiger partial charge in [0.05, 0.1) is 12.2 Å². The van der Waals surface area contributed by atoms with Crippen molar-refractivity contribution in [3.63, 3.8) is 0 Å². The molecule has 0 radical (unpaired) electrons. The van der Waals surface area contributed by atoms with Crippen LogP contribution in [-0.4, -0.2) is 22.3 Å². The Kier molecular flexibility index (Phi) is 4.24. The third kappa shape index (κ3) is 3.16. The van der Waals surface area contributed by atoms with Crippen molar-refractivity contribution in [2.45, 2.75) is 32.2 Å². The molecule has 4 rings (SSSR count). The topological polar surface area (TPSA) is 56.1 Å². The van der Waals surface area contributed by atoms with Crippen LogP contribution in [0.1, 0.15) is 25.7 Å². The van der Waals surface area contributed by atoms with E-state index in [1.807, 2.05) is 41.2 Å². The lowest BCUT2D eigenvalue weighted by Gasteiger charge is -2.12. The van der Waals surface area contributed by atoms with Crippen LogP contribution in [0.15, 0.2) is 42.7 Å². The normalized spacial score (nSPS) is 24.9. The van der Waals surface area contributed by atoms with Crippen LogP contribution >= 0.6 is 0 Å². The molecule has 5 nitrogen and oxygen atoms in total. The maximum atomic E-state index is 12.6. The fraction of sp³-hybridized carbons (Fsp3) is 0.474. The van der Waals surface area contributed by atoms with Crippen molar-refractivity contribution in [2.24, 2.45) is 17.8 Å². The van der Waals surface area contributed by atoms with Gasteiger partial charge in [-0.3, -0.25) is 9.48 Å². The van der Waals surface area contributed by atoms with E-state index in [1.165, 1.54) is 25.7 Å². The summed E-state index contributed by atoms with van der Waals surface area (Å²) < 4.78 is 7.68. The first-order valence-corrected chi connectivity index (χ1v) is 8.83. The first-order chi connectivity index (χ1) is 11.8. The summed E-state index contributed by atoms with van der Waals surface area (Å²) in [4.78, 5) is 12.6. The highest BCUT2D eigenvalue weighted by Gasteiger charge is 2.54. The molecular formula is C19H23N3O2. The number of nitrogens with one attached hydrogen (secondary N) is 1. The molecule has 24 heavy (non-hydrogen) atoms. The molecule has 3 atom stereocenters. The van der Waals surface area contributed by atoms with Gasteiger partial charge in [-0.25, -0.2) is 0 Å². The number of carbonyl (C=O) groups excluding carboxylic acids is 1. The zero-order chi connectivity index (χ0) is 16.4. The summed E-state index contributed by atoms with van der Waals surface area (Å²) in [7, 11) is 0. The van der Waals surface area contributed by atoms with Crippen LogP contribution in [0, 0.1) is 17.8 Å². The summed E-state index contributed by atoms with van der Waals surface area (Å²) in [6.45, 7) is 1.20. The number of hydrogen-bond acceptors (Lipinski definition) is 3. The van der Waals surface area contributed by atoms with Crippen molar-refractivity contribution < 1.29 is 9.53 Å². The number of benzene rings is 1. The van der Waals surface area contributed by atoms with E-state index in [0.29, 0.717) is 25.0 Å². The fourth-order valence-corrected chi connectivity index (χ4v) is 3.97. The Morgan fingerprint density at radius 2 is 2.00 bits per heavy atom. The van der Waals surface area contributed by atoms with Crippen LogP contribution in [0.4, 0.5) is 5.69 Å². The second-order valence-electron chi connectivity index (χ2n) is 6.74. The molecule has 1 aromatic carbocycles. The predicted molar refractivity (Wildman–Crippen MR) is 91.7 cm³/mol. The molecular weight excluding hydrogens is 302 g/mol. The lowest BCUT2D eigenvalue weighted by atomic mass is 10.0. The molecule has 2 aliphatic carbocycles. The second kappa shape index (κ2) is 6.67. The molecule has 2 aromatic rings. The van der Waals surface area contributed by atoms with Gasteiger partial charge in [-0.2, -0.15) is 5.10 Å². The Balaban J connectivity index is 1.35. The van der Waals surface area contributed by atoms with Crippen LogP contribution in [0.2, 0.25) is 0 Å². The molecule has 0 bridgehead atoms. The summed E-state index contributed by atoms with van der Waals surface area (Å²) in [5.74, 6) is 2.33. The fourth-order valence-electron chi connectivity index (χ4n) is 3.97. The van der Waals surface area contributed by atoms with E-state index in [1.54, 1.807) is 6.20 Å². The highest BCUT2D eigenvalue weighted by molar-refractivity contribution is 5.96. The summed E-state index contributed by atoms with van der Waals surface area (Å²) in [6, 6.07) is 9.56. The minimum Gasteiger partial charge on any atom is -0.489 e. The van der Waals surface area contributed by atoms with Crippen LogP contribution in [0.25, 0.3) is 0 Å². The highest BCUT2D eigenvalue weighted by atomic mass is 16.5. The Hall–Kier alpha value is -2.30. The Morgan fingerprint density at radius 1 is 1.21 bits per heavy atom. The minimum atomic E-state index is 0.162. The summed E-state index contributed by atoms with van der Waals surface area (Å²) >= 11 is 0. The lowest BCUT2D eigenvalue weighted by molar-refractivity contribution is -0.117. The molecule has 2 saturated carbocycles. The number of fused-ring (bicyclic) bond motifs is 1. The number of ether oxygens (including phenoxy) is 1. The average Bonchev–Trinajstić information content (AvgIpc) is 3.11. The number of rotatable bonds is 6. The van der Waals surface area contributed by atoms with E-state index in [-0.39, 0.29) is 11.8 Å². The molecule has 0 saturated heterocycles. The Bertz CT molecular complexity index is 686. The smallest absolute Gasteiger partial charge is 0.228 e. The van der Waals surface area contributed by atoms with Gasteiger partial charge in [-0.15, -0.1) is 0 Å². The van der Waals surface area contributed by atoms with Crippen molar-refractivity contribution in [3.05, 3.63) is 42.7 Å². The number of amides is 1. The Labute approximate surface area is 142 Å². The third-order valence-corrected chi connectivity index (χ3v) is 5.24. The van der Waals surface area contributed by atoms with E-state index < -0.39 is 0 Å². The molecule has 0 aliphatic heterocycles. The lowest BCUT2D eigenvalue weighted by Crippen LogP contribution is -2.17. The molecule has 2 aliphatic rings. The third-order valence-electron chi connectivity index (χ3n) is 5.24. The number of para-hydroxylation sites is 2. The molecule has 1 heterocycles. The molecule has 1 N–H and O–H groups in total. The largest absolute Gasteiger partial charge is 0.489 e. The summed E-state index contributed by atoms with van der Waals surface area (Å²) in [5.41, 5.74) is 0.770. The van der Waals surface area contributed by atoms with E-state index in [9.17, 15) is 4.79 Å². The molecule has 1 amide bonds. The van der Waals surface area contributed by atoms with E-state index in [4.69, 9.17) is 4.74 Å². The molecule has 2 fully saturated rings. The van der Waals surface area contributed by atoms with E-state index in [2.05, 4.69) is 10.4 Å². The van der Waals surface area contributed by atoms with Gasteiger partial charge < -0.3 is 10.1 Å². The Morgan fingerprint density at radius 3 is 2.75 bits per heavy atom. The van der Waals surface area contributed by atoms with Crippen LogP contribution in [0.3, 0.4) is 0 Å². The maximum Gasteiger partial charge on any atom is 0.228 e. The van der Waals surface area contributed by atoms with E-state index >= 15 is 0 Å². The van der Waals surface area contributed by atoms with Crippen LogP contribution < -0.4 is 10.1 Å². The number of nitrogens with zero attached hydrogens (tertiary/aromatic N) is 2. The van der Waals surface area contributed by atoms with Gasteiger partial charge in [0.2, 0.25) is 5.91 Å². The highest BCUT2D eigenvalue weighted by Crippen LogP contribution is 2.55. The number of carbonyl (C=O) groups is 1. The van der Waals surface area contributed by atoms with E-state index in [0.717, 1.165) is 11.4 Å². The SMILES string of the molecule is O=C(Nc1ccccc1OCCn1cccn1)C1[C@H]2CCCC[C@@H]12. The van der Waals surface area contributed by atoms with Crippen molar-refractivity contribution in [2.75, 3.05) is 11.9 Å². The van der Waals surface area contributed by atoms with Gasteiger partial charge in [0.1, 0.15) is 12.4 Å². The standard InChI is InChI=1S/C19H23N3O2/c23-19(18-14-6-1-2-7-15(14)18)21-16-8-3-4-9-17(16)24-13-12-22-11-5-10-20-22/h3-5,8-11,14-15,18H,1-2,6-7,12-13H2,(H,21,23)/t14-,15+,18?. The summed E-state index contributed by atoms with van der Waals surface area (Å²) in [5, 5.41) is 7.24. The number of aromatic nitrogens is 2. The molecule has 5 heteroatoms. The average molecular weight is 325 g/mol. The molecule has 1 unspecified atom stereocenters. The van der Waals surface area contributed by atoms with Gasteiger partial charge in [-0.05, 0) is 42.9 Å². The van der Waals surface area contributed by atoms with Gasteiger partial charge in [0.25, 0.3) is 0 Å². The predicted octanol–water partition coefficient (Wildman–Crippen LogP) is 3.34. The minimum absolute atomic E-state index is 0.162. The van der Waals surface area contributed by atoms with Crippen molar-refractivity contribution in [1.29, 1.82) is 0 Å². The first kappa shape index (κ1) is 15.2. The van der Waals surface area contributed by atoms with Crippen LogP contribution in [0.5, 0.6) is 5.75 Å². The monoisotopic (exact) mass is 325 g/mol. The molecule has 1 aromatic heterocycles. The number of hydrogen-bond donors (Lipinski definition) is 1. The van der Waals surface area contributed by atoms with Gasteiger partial charge in [0, 0.05) is 18.3 Å². The molecule has 0 spiro atoms. The first-order valence-electron chi connectivity index (χ1n) is 8.83. The van der Waals surface area contributed by atoms with Gasteiger partial charge >= 0.3 is 0 Å². The van der Waals surface area contributed by atoms with Gasteiger partial charge in [0.15, 0.2) is 0 Å². The van der Waals surface area contributed by atoms with Crippen LogP contribution in [-0.2, 0) is 11.3 Å².